The van der Waals surface area contributed by atoms with Crippen LogP contribution in [0.25, 0.3) is 0 Å². The Morgan fingerprint density at radius 1 is 1.12 bits per heavy atom. The molecule has 0 radical (unpaired) electrons. The van der Waals surface area contributed by atoms with Crippen molar-refractivity contribution in [2.24, 2.45) is 34.5 Å². The van der Waals surface area contributed by atoms with E-state index in [0.717, 1.165) is 24.2 Å². The molecule has 8 atom stereocenters. The molecule has 0 saturated heterocycles. The molecule has 0 amide bonds. The molecule has 4 rings (SSSR count). The summed E-state index contributed by atoms with van der Waals surface area (Å²) in [6.07, 6.45) is 13.2. The Kier molecular flexibility index (Phi) is 4.16. The number of hydrogen-bond acceptors (Lipinski definition) is 2. The average molecular weight is 333 g/mol. The van der Waals surface area contributed by atoms with Crippen molar-refractivity contribution in [3.05, 3.63) is 11.6 Å². The van der Waals surface area contributed by atoms with Crippen LogP contribution in [0.4, 0.5) is 0 Å². The lowest BCUT2D eigenvalue weighted by molar-refractivity contribution is -0.0696. The molecule has 2 heteroatoms. The smallest absolute Gasteiger partial charge is 0.0608 e. The van der Waals surface area contributed by atoms with Gasteiger partial charge in [0.25, 0.3) is 0 Å². The lowest BCUT2D eigenvalue weighted by Crippen LogP contribution is -2.51. The van der Waals surface area contributed by atoms with Crippen molar-refractivity contribution in [1.82, 2.24) is 0 Å². The van der Waals surface area contributed by atoms with E-state index in [1.807, 2.05) is 14.0 Å². The van der Waals surface area contributed by atoms with Gasteiger partial charge >= 0.3 is 0 Å². The molecule has 0 aromatic rings. The zero-order valence-corrected chi connectivity index (χ0v) is 16.1. The molecule has 3 saturated carbocycles. The van der Waals surface area contributed by atoms with Gasteiger partial charge in [0.1, 0.15) is 0 Å². The number of fused-ring (bicyclic) bond motifs is 5. The van der Waals surface area contributed by atoms with Gasteiger partial charge in [-0.05, 0) is 92.8 Å². The highest BCUT2D eigenvalue weighted by Gasteiger charge is 2.59. The van der Waals surface area contributed by atoms with Gasteiger partial charge in [-0.1, -0.05) is 25.5 Å². The summed E-state index contributed by atoms with van der Waals surface area (Å²) in [5.41, 5.74) is 2.50. The van der Waals surface area contributed by atoms with Crippen LogP contribution in [0.5, 0.6) is 0 Å². The molecule has 0 aromatic heterocycles. The first-order chi connectivity index (χ1) is 11.4. The van der Waals surface area contributed by atoms with E-state index < -0.39 is 0 Å². The minimum Gasteiger partial charge on any atom is -0.393 e. The highest BCUT2D eigenvalue weighted by Crippen LogP contribution is 2.66. The lowest BCUT2D eigenvalue weighted by atomic mass is 9.47. The van der Waals surface area contributed by atoms with E-state index in [0.29, 0.717) is 22.9 Å². The van der Waals surface area contributed by atoms with Gasteiger partial charge in [0.15, 0.2) is 0 Å². The van der Waals surface area contributed by atoms with Gasteiger partial charge < -0.3 is 9.84 Å². The maximum Gasteiger partial charge on any atom is 0.0608 e. The number of aliphatic hydroxyl groups excluding tert-OH is 1. The number of allylic oxidation sites excluding steroid dienone is 1. The quantitative estimate of drug-likeness (QED) is 0.724. The molecular weight excluding hydrogens is 296 g/mol. The second-order valence-electron chi connectivity index (χ2n) is 9.83. The van der Waals surface area contributed by atoms with Crippen molar-refractivity contribution in [3.8, 4) is 0 Å². The van der Waals surface area contributed by atoms with E-state index in [-0.39, 0.29) is 6.10 Å². The van der Waals surface area contributed by atoms with Crippen molar-refractivity contribution in [3.63, 3.8) is 0 Å². The van der Waals surface area contributed by atoms with Gasteiger partial charge in [0.2, 0.25) is 0 Å². The Morgan fingerprint density at radius 3 is 2.62 bits per heavy atom. The maximum absolute atomic E-state index is 10.3. The zero-order chi connectivity index (χ0) is 17.1. The van der Waals surface area contributed by atoms with E-state index >= 15 is 0 Å². The molecule has 0 aliphatic heterocycles. The van der Waals surface area contributed by atoms with E-state index in [9.17, 15) is 5.11 Å². The third-order valence-electron chi connectivity index (χ3n) is 9.05. The summed E-state index contributed by atoms with van der Waals surface area (Å²) in [4.78, 5) is 0. The molecule has 4 aliphatic rings. The molecular formula is C22H36O2. The highest BCUT2D eigenvalue weighted by atomic mass is 16.5. The fraction of sp³-hybridized carbons (Fsp3) is 0.909. The summed E-state index contributed by atoms with van der Waals surface area (Å²) >= 11 is 0. The van der Waals surface area contributed by atoms with E-state index in [1.165, 1.54) is 44.9 Å². The first-order valence-corrected chi connectivity index (χ1v) is 10.3. The van der Waals surface area contributed by atoms with Crippen molar-refractivity contribution in [2.75, 3.05) is 7.11 Å². The highest BCUT2D eigenvalue weighted by molar-refractivity contribution is 5.25. The molecule has 2 nitrogen and oxygen atoms in total. The normalized spacial score (nSPS) is 52.0. The van der Waals surface area contributed by atoms with Crippen LogP contribution >= 0.6 is 0 Å². The monoisotopic (exact) mass is 332 g/mol. The minimum absolute atomic E-state index is 0.140. The summed E-state index contributed by atoms with van der Waals surface area (Å²) in [7, 11) is 1.88. The van der Waals surface area contributed by atoms with E-state index in [4.69, 9.17) is 4.74 Å². The van der Waals surface area contributed by atoms with Crippen LogP contribution in [-0.2, 0) is 4.74 Å². The molecule has 0 bridgehead atoms. The Bertz CT molecular complexity index is 524. The van der Waals surface area contributed by atoms with Crippen LogP contribution in [0.15, 0.2) is 11.6 Å². The van der Waals surface area contributed by atoms with Crippen molar-refractivity contribution < 1.29 is 9.84 Å². The number of ether oxygens (including phenoxy) is 1. The van der Waals surface area contributed by atoms with Crippen LogP contribution < -0.4 is 0 Å². The minimum atomic E-state index is -0.140. The Balaban J connectivity index is 1.62. The van der Waals surface area contributed by atoms with Gasteiger partial charge in [-0.15, -0.1) is 0 Å². The van der Waals surface area contributed by atoms with E-state index in [1.54, 1.807) is 5.57 Å². The van der Waals surface area contributed by atoms with Crippen LogP contribution in [0, 0.1) is 34.5 Å². The summed E-state index contributed by atoms with van der Waals surface area (Å²) in [5.74, 6) is 3.05. The summed E-state index contributed by atoms with van der Waals surface area (Å²) in [5, 5.41) is 10.3. The SMILES string of the molecule is COC1CC[C@@]2(C)C(=CC[C@H]3[C@@H]4CC[C@H]([C@H](C)O)[C@@]4(C)CC[C@@H]32)C1. The summed E-state index contributed by atoms with van der Waals surface area (Å²) in [6.45, 7) is 7.09. The van der Waals surface area contributed by atoms with Gasteiger partial charge in [0.05, 0.1) is 12.2 Å². The van der Waals surface area contributed by atoms with Crippen LogP contribution in [0.3, 0.4) is 0 Å². The van der Waals surface area contributed by atoms with Gasteiger partial charge in [-0.3, -0.25) is 0 Å². The predicted molar refractivity (Wildman–Crippen MR) is 97.7 cm³/mol. The van der Waals surface area contributed by atoms with Crippen LogP contribution in [0.2, 0.25) is 0 Å². The van der Waals surface area contributed by atoms with Crippen molar-refractivity contribution >= 4 is 0 Å². The van der Waals surface area contributed by atoms with Crippen LogP contribution in [-0.4, -0.2) is 24.4 Å². The van der Waals surface area contributed by atoms with Crippen LogP contribution in [0.1, 0.15) is 72.1 Å². The largest absolute Gasteiger partial charge is 0.393 e. The van der Waals surface area contributed by atoms with Gasteiger partial charge in [-0.25, -0.2) is 0 Å². The number of rotatable bonds is 2. The standard InChI is InChI=1S/C22H36O2/c1-14(23)18-7-8-19-17-6-5-15-13-16(24-4)9-11-21(15,2)20(17)10-12-22(18,19)3/h5,14,16-20,23H,6-13H2,1-4H3/t14-,16?,17-,18+,19-,20-,21-,22+/m0/s1. The van der Waals surface area contributed by atoms with Crippen molar-refractivity contribution in [1.29, 1.82) is 0 Å². The third-order valence-corrected chi connectivity index (χ3v) is 9.05. The van der Waals surface area contributed by atoms with E-state index in [2.05, 4.69) is 19.9 Å². The fourth-order valence-electron chi connectivity index (χ4n) is 7.66. The predicted octanol–water partition coefficient (Wildman–Crippen LogP) is 4.96. The second kappa shape index (κ2) is 5.84. The van der Waals surface area contributed by atoms with Gasteiger partial charge in [0, 0.05) is 7.11 Å². The molecule has 136 valence electrons. The summed E-state index contributed by atoms with van der Waals surface area (Å²) < 4.78 is 5.68. The number of aliphatic hydroxyl groups is 1. The molecule has 1 N–H and O–H groups in total. The average Bonchev–Trinajstić information content (AvgIpc) is 2.91. The first kappa shape index (κ1) is 17.1. The number of methoxy groups -OCH3 is 1. The van der Waals surface area contributed by atoms with Gasteiger partial charge in [-0.2, -0.15) is 0 Å². The second-order valence-corrected chi connectivity index (χ2v) is 9.83. The Labute approximate surface area is 148 Å². The molecule has 3 fully saturated rings. The third kappa shape index (κ3) is 2.28. The zero-order valence-electron chi connectivity index (χ0n) is 16.1. The lowest BCUT2D eigenvalue weighted by Gasteiger charge is -2.58. The molecule has 4 aliphatic carbocycles. The topological polar surface area (TPSA) is 29.5 Å². The molecule has 0 aromatic carbocycles. The first-order valence-electron chi connectivity index (χ1n) is 10.3. The number of hydrogen-bond donors (Lipinski definition) is 1. The molecule has 24 heavy (non-hydrogen) atoms. The fourth-order valence-corrected chi connectivity index (χ4v) is 7.66. The van der Waals surface area contributed by atoms with Crippen molar-refractivity contribution in [2.45, 2.75) is 84.3 Å². The molecule has 0 spiro atoms. The summed E-state index contributed by atoms with van der Waals surface area (Å²) in [6, 6.07) is 0. The molecule has 1 unspecified atom stereocenters. The Hall–Kier alpha value is -0.340. The molecule has 0 heterocycles. The maximum atomic E-state index is 10.3. The Morgan fingerprint density at radius 2 is 1.92 bits per heavy atom.